The van der Waals surface area contributed by atoms with Crippen molar-refractivity contribution in [3.05, 3.63) is 71.3 Å². The molecule has 0 aliphatic rings. The van der Waals surface area contributed by atoms with Gasteiger partial charge in [-0.15, -0.1) is 0 Å². The molecule has 0 radical (unpaired) electrons. The maximum Gasteiger partial charge on any atom is 0.0107 e. The fraction of sp³-hybridized carbons (Fsp3) is 0.400. The monoisotopic (exact) mass is 281 g/mol. The van der Waals surface area contributed by atoms with Crippen LogP contribution in [0.25, 0.3) is 0 Å². The third kappa shape index (κ3) is 5.73. The molecule has 2 aromatic rings. The lowest BCUT2D eigenvalue weighted by molar-refractivity contribution is 0.476. The predicted molar refractivity (Wildman–Crippen MR) is 91.7 cm³/mol. The third-order valence-corrected chi connectivity index (χ3v) is 3.92. The van der Waals surface area contributed by atoms with Crippen molar-refractivity contribution in [3.63, 3.8) is 0 Å². The van der Waals surface area contributed by atoms with Gasteiger partial charge in [0.05, 0.1) is 0 Å². The van der Waals surface area contributed by atoms with Crippen molar-refractivity contribution in [3.8, 4) is 0 Å². The molecule has 0 bridgehead atoms. The Balaban J connectivity index is 1.84. The van der Waals surface area contributed by atoms with Gasteiger partial charge in [-0.2, -0.15) is 0 Å². The zero-order valence-electron chi connectivity index (χ0n) is 13.3. The van der Waals surface area contributed by atoms with Crippen LogP contribution in [-0.2, 0) is 12.8 Å². The summed E-state index contributed by atoms with van der Waals surface area (Å²) in [5, 5.41) is 3.64. The molecular weight excluding hydrogens is 254 g/mol. The van der Waals surface area contributed by atoms with Crippen molar-refractivity contribution in [2.45, 2.75) is 45.6 Å². The van der Waals surface area contributed by atoms with Crippen molar-refractivity contribution >= 4 is 0 Å². The van der Waals surface area contributed by atoms with Gasteiger partial charge in [0.1, 0.15) is 0 Å². The molecule has 1 unspecified atom stereocenters. The van der Waals surface area contributed by atoms with E-state index in [2.05, 4.69) is 73.8 Å². The SMILES string of the molecule is CCNC(CCCc1ccccc1)Cc1cccc(C)c1. The first kappa shape index (κ1) is 15.8. The van der Waals surface area contributed by atoms with Crippen LogP contribution < -0.4 is 5.32 Å². The minimum absolute atomic E-state index is 0.584. The van der Waals surface area contributed by atoms with Gasteiger partial charge in [-0.25, -0.2) is 0 Å². The Bertz CT molecular complexity index is 518. The lowest BCUT2D eigenvalue weighted by Crippen LogP contribution is -2.31. The summed E-state index contributed by atoms with van der Waals surface area (Å²) >= 11 is 0. The largest absolute Gasteiger partial charge is 0.314 e. The quantitative estimate of drug-likeness (QED) is 0.749. The van der Waals surface area contributed by atoms with Crippen molar-refractivity contribution < 1.29 is 0 Å². The molecular formula is C20H27N. The molecule has 1 nitrogen and oxygen atoms in total. The Morgan fingerprint density at radius 1 is 0.952 bits per heavy atom. The first-order valence-electron chi connectivity index (χ1n) is 8.10. The molecule has 2 aromatic carbocycles. The minimum Gasteiger partial charge on any atom is -0.314 e. The smallest absolute Gasteiger partial charge is 0.0107 e. The molecule has 0 aliphatic carbocycles. The van der Waals surface area contributed by atoms with Gasteiger partial charge in [-0.05, 0) is 50.3 Å². The molecule has 112 valence electrons. The Morgan fingerprint density at radius 2 is 1.71 bits per heavy atom. The Labute approximate surface area is 129 Å². The van der Waals surface area contributed by atoms with Crippen molar-refractivity contribution in [2.24, 2.45) is 0 Å². The second kappa shape index (κ2) is 8.63. The number of nitrogens with one attached hydrogen (secondary N) is 1. The lowest BCUT2D eigenvalue weighted by Gasteiger charge is -2.18. The average Bonchev–Trinajstić information content (AvgIpc) is 2.48. The molecule has 0 saturated carbocycles. The highest BCUT2D eigenvalue weighted by Gasteiger charge is 2.08. The van der Waals surface area contributed by atoms with E-state index in [1.54, 1.807) is 0 Å². The Morgan fingerprint density at radius 3 is 2.43 bits per heavy atom. The van der Waals surface area contributed by atoms with Gasteiger partial charge in [0.25, 0.3) is 0 Å². The van der Waals surface area contributed by atoms with Crippen LogP contribution in [0.5, 0.6) is 0 Å². The van der Waals surface area contributed by atoms with Gasteiger partial charge in [-0.3, -0.25) is 0 Å². The second-order valence-corrected chi connectivity index (χ2v) is 5.83. The van der Waals surface area contributed by atoms with Gasteiger partial charge in [0, 0.05) is 6.04 Å². The lowest BCUT2D eigenvalue weighted by atomic mass is 9.98. The van der Waals surface area contributed by atoms with Crippen LogP contribution in [0.15, 0.2) is 54.6 Å². The molecule has 0 amide bonds. The van der Waals surface area contributed by atoms with Gasteiger partial charge >= 0.3 is 0 Å². The summed E-state index contributed by atoms with van der Waals surface area (Å²) in [7, 11) is 0. The van der Waals surface area contributed by atoms with Crippen molar-refractivity contribution in [1.82, 2.24) is 5.32 Å². The first-order valence-corrected chi connectivity index (χ1v) is 8.10. The molecule has 2 rings (SSSR count). The highest BCUT2D eigenvalue weighted by Crippen LogP contribution is 2.12. The maximum absolute atomic E-state index is 3.64. The summed E-state index contributed by atoms with van der Waals surface area (Å²) < 4.78 is 0. The normalized spacial score (nSPS) is 12.3. The fourth-order valence-electron chi connectivity index (χ4n) is 2.89. The molecule has 1 heteroatoms. The number of hydrogen-bond donors (Lipinski definition) is 1. The average molecular weight is 281 g/mol. The van der Waals surface area contributed by atoms with Crippen LogP contribution in [0.3, 0.4) is 0 Å². The van der Waals surface area contributed by atoms with E-state index >= 15 is 0 Å². The van der Waals surface area contributed by atoms with Crippen molar-refractivity contribution in [1.29, 1.82) is 0 Å². The summed E-state index contributed by atoms with van der Waals surface area (Å²) in [5.74, 6) is 0. The van der Waals surface area contributed by atoms with E-state index in [4.69, 9.17) is 0 Å². The van der Waals surface area contributed by atoms with Crippen LogP contribution in [0, 0.1) is 6.92 Å². The topological polar surface area (TPSA) is 12.0 Å². The molecule has 0 spiro atoms. The minimum atomic E-state index is 0.584. The zero-order chi connectivity index (χ0) is 14.9. The zero-order valence-corrected chi connectivity index (χ0v) is 13.3. The summed E-state index contributed by atoms with van der Waals surface area (Å²) in [4.78, 5) is 0. The molecule has 1 atom stereocenters. The highest BCUT2D eigenvalue weighted by atomic mass is 14.9. The van der Waals surface area contributed by atoms with E-state index in [0.717, 1.165) is 13.0 Å². The Hall–Kier alpha value is -1.60. The second-order valence-electron chi connectivity index (χ2n) is 5.83. The van der Waals surface area contributed by atoms with Crippen molar-refractivity contribution in [2.75, 3.05) is 6.54 Å². The Kier molecular flexibility index (Phi) is 6.49. The van der Waals surface area contributed by atoms with E-state index < -0.39 is 0 Å². The summed E-state index contributed by atoms with van der Waals surface area (Å²) in [6, 6.07) is 20.3. The van der Waals surface area contributed by atoms with Gasteiger partial charge in [0.15, 0.2) is 0 Å². The molecule has 0 heterocycles. The first-order chi connectivity index (χ1) is 10.3. The van der Waals surface area contributed by atoms with E-state index in [9.17, 15) is 0 Å². The summed E-state index contributed by atoms with van der Waals surface area (Å²) in [6.45, 7) is 5.41. The predicted octanol–water partition coefficient (Wildman–Crippen LogP) is 4.54. The number of rotatable bonds is 8. The van der Waals surface area contributed by atoms with E-state index in [1.807, 2.05) is 0 Å². The van der Waals surface area contributed by atoms with E-state index in [1.165, 1.54) is 36.0 Å². The number of aryl methyl sites for hydroxylation is 2. The maximum atomic E-state index is 3.64. The van der Waals surface area contributed by atoms with E-state index in [-0.39, 0.29) is 0 Å². The van der Waals surface area contributed by atoms with Crippen LogP contribution in [0.2, 0.25) is 0 Å². The molecule has 0 fully saturated rings. The number of benzene rings is 2. The molecule has 1 N–H and O–H groups in total. The fourth-order valence-corrected chi connectivity index (χ4v) is 2.89. The highest BCUT2D eigenvalue weighted by molar-refractivity contribution is 5.23. The third-order valence-electron chi connectivity index (χ3n) is 3.92. The summed E-state index contributed by atoms with van der Waals surface area (Å²) in [6.07, 6.45) is 4.78. The van der Waals surface area contributed by atoms with E-state index in [0.29, 0.717) is 6.04 Å². The van der Waals surface area contributed by atoms with Gasteiger partial charge in [-0.1, -0.05) is 67.1 Å². The van der Waals surface area contributed by atoms with Gasteiger partial charge < -0.3 is 5.32 Å². The number of hydrogen-bond acceptors (Lipinski definition) is 1. The van der Waals surface area contributed by atoms with Crippen LogP contribution in [0.4, 0.5) is 0 Å². The molecule has 0 aliphatic heterocycles. The van der Waals surface area contributed by atoms with Crippen LogP contribution in [-0.4, -0.2) is 12.6 Å². The molecule has 0 saturated heterocycles. The van der Waals surface area contributed by atoms with Crippen LogP contribution in [0.1, 0.15) is 36.5 Å². The summed E-state index contributed by atoms with van der Waals surface area (Å²) in [5.41, 5.74) is 4.25. The number of likely N-dealkylation sites (N-methyl/N-ethyl adjacent to an activating group) is 1. The molecule has 0 aromatic heterocycles. The van der Waals surface area contributed by atoms with Crippen LogP contribution >= 0.6 is 0 Å². The van der Waals surface area contributed by atoms with Gasteiger partial charge in [0.2, 0.25) is 0 Å². The standard InChI is InChI=1S/C20H27N/c1-3-21-20(16-19-13-7-9-17(2)15-19)14-8-12-18-10-5-4-6-11-18/h4-7,9-11,13,15,20-21H,3,8,12,14,16H2,1-2H3. The molecule has 21 heavy (non-hydrogen) atoms.